The molecule has 0 aromatic carbocycles. The Morgan fingerprint density at radius 2 is 2.06 bits per heavy atom. The third-order valence-electron chi connectivity index (χ3n) is 4.67. The van der Waals surface area contributed by atoms with Crippen molar-refractivity contribution in [1.82, 2.24) is 10.6 Å². The highest BCUT2D eigenvalue weighted by Crippen LogP contribution is 2.42. The quantitative estimate of drug-likeness (QED) is 0.822. The molecule has 0 spiro atoms. The van der Waals surface area contributed by atoms with Crippen molar-refractivity contribution in [2.24, 2.45) is 5.41 Å². The van der Waals surface area contributed by atoms with E-state index in [0.29, 0.717) is 4.75 Å². The van der Waals surface area contributed by atoms with Crippen LogP contribution < -0.4 is 10.6 Å². The molecule has 1 amide bonds. The molecular formula is C14H26N2OS. The van der Waals surface area contributed by atoms with Crippen LogP contribution in [0.3, 0.4) is 0 Å². The summed E-state index contributed by atoms with van der Waals surface area (Å²) in [6.45, 7) is 6.19. The largest absolute Gasteiger partial charge is 0.353 e. The smallest absolute Gasteiger partial charge is 0.237 e. The summed E-state index contributed by atoms with van der Waals surface area (Å²) in [6, 6.07) is -0.0229. The Hall–Kier alpha value is -0.220. The molecule has 0 radical (unpaired) electrons. The highest BCUT2D eigenvalue weighted by atomic mass is 32.2. The first-order valence-electron chi connectivity index (χ1n) is 7.05. The van der Waals surface area contributed by atoms with Gasteiger partial charge in [-0.05, 0) is 43.9 Å². The van der Waals surface area contributed by atoms with Crippen LogP contribution in [0.5, 0.6) is 0 Å². The van der Waals surface area contributed by atoms with Gasteiger partial charge in [-0.15, -0.1) is 0 Å². The predicted octanol–water partition coefficient (Wildman–Crippen LogP) is 2.17. The third kappa shape index (κ3) is 2.85. The monoisotopic (exact) mass is 270 g/mol. The van der Waals surface area contributed by atoms with E-state index in [-0.39, 0.29) is 17.4 Å². The van der Waals surface area contributed by atoms with E-state index in [1.165, 1.54) is 25.7 Å². The lowest BCUT2D eigenvalue weighted by molar-refractivity contribution is -0.127. The molecule has 2 aliphatic rings. The summed E-state index contributed by atoms with van der Waals surface area (Å²) in [5, 5.41) is 6.56. The van der Waals surface area contributed by atoms with Gasteiger partial charge in [-0.2, -0.15) is 11.8 Å². The van der Waals surface area contributed by atoms with Crippen molar-refractivity contribution in [3.8, 4) is 0 Å². The molecule has 2 N–H and O–H groups in total. The van der Waals surface area contributed by atoms with E-state index in [9.17, 15) is 4.79 Å². The molecule has 0 aromatic rings. The van der Waals surface area contributed by atoms with Gasteiger partial charge in [-0.1, -0.05) is 20.3 Å². The van der Waals surface area contributed by atoms with Crippen molar-refractivity contribution in [2.45, 2.75) is 56.7 Å². The number of hydrogen-bond acceptors (Lipinski definition) is 3. The second kappa shape index (κ2) is 5.41. The highest BCUT2D eigenvalue weighted by molar-refractivity contribution is 8.00. The van der Waals surface area contributed by atoms with Crippen molar-refractivity contribution in [1.29, 1.82) is 0 Å². The topological polar surface area (TPSA) is 41.1 Å². The zero-order chi connectivity index (χ0) is 13.2. The molecule has 3 nitrogen and oxygen atoms in total. The van der Waals surface area contributed by atoms with Gasteiger partial charge in [-0.3, -0.25) is 4.79 Å². The number of hydrogen-bond donors (Lipinski definition) is 2. The molecule has 1 aliphatic heterocycles. The van der Waals surface area contributed by atoms with E-state index in [4.69, 9.17) is 0 Å². The molecule has 0 aromatic heterocycles. The Labute approximate surface area is 115 Å². The van der Waals surface area contributed by atoms with E-state index in [2.05, 4.69) is 30.7 Å². The van der Waals surface area contributed by atoms with Crippen LogP contribution in [0.2, 0.25) is 0 Å². The average molecular weight is 270 g/mol. The number of rotatable bonds is 4. The molecule has 1 aliphatic carbocycles. The minimum absolute atomic E-state index is 0.0229. The Balaban J connectivity index is 1.87. The Kier molecular flexibility index (Phi) is 4.27. The predicted molar refractivity (Wildman–Crippen MR) is 77.9 cm³/mol. The Morgan fingerprint density at radius 1 is 1.33 bits per heavy atom. The van der Waals surface area contributed by atoms with Crippen LogP contribution in [-0.2, 0) is 4.79 Å². The van der Waals surface area contributed by atoms with Crippen molar-refractivity contribution in [2.75, 3.05) is 19.3 Å². The van der Waals surface area contributed by atoms with Gasteiger partial charge in [0.25, 0.3) is 0 Å². The summed E-state index contributed by atoms with van der Waals surface area (Å²) in [6.07, 6.45) is 8.27. The highest BCUT2D eigenvalue weighted by Gasteiger charge is 2.40. The number of nitrogens with one attached hydrogen (secondary N) is 2. The molecule has 1 atom stereocenters. The first-order chi connectivity index (χ1) is 8.49. The second-order valence-electron chi connectivity index (χ2n) is 6.44. The lowest BCUT2D eigenvalue weighted by Crippen LogP contribution is -2.57. The summed E-state index contributed by atoms with van der Waals surface area (Å²) >= 11 is 1.91. The molecular weight excluding hydrogens is 244 g/mol. The van der Waals surface area contributed by atoms with Crippen LogP contribution in [0.1, 0.15) is 46.0 Å². The zero-order valence-corrected chi connectivity index (χ0v) is 12.7. The van der Waals surface area contributed by atoms with E-state index in [1.807, 2.05) is 11.8 Å². The average Bonchev–Trinajstić information content (AvgIpc) is 2.27. The summed E-state index contributed by atoms with van der Waals surface area (Å²) < 4.78 is 0.328. The van der Waals surface area contributed by atoms with Gasteiger partial charge in [0.15, 0.2) is 0 Å². The van der Waals surface area contributed by atoms with E-state index < -0.39 is 0 Å². The van der Waals surface area contributed by atoms with Gasteiger partial charge in [0.1, 0.15) is 0 Å². The molecule has 2 fully saturated rings. The molecule has 18 heavy (non-hydrogen) atoms. The molecule has 2 rings (SSSR count). The number of carbonyl (C=O) groups is 1. The number of amides is 1. The van der Waals surface area contributed by atoms with Gasteiger partial charge in [0.2, 0.25) is 5.91 Å². The maximum Gasteiger partial charge on any atom is 0.237 e. The maximum absolute atomic E-state index is 12.3. The number of piperidine rings is 1. The van der Waals surface area contributed by atoms with Gasteiger partial charge in [0.05, 0.1) is 6.04 Å². The number of thioether (sulfide) groups is 1. The van der Waals surface area contributed by atoms with Crippen molar-refractivity contribution in [3.63, 3.8) is 0 Å². The van der Waals surface area contributed by atoms with Crippen molar-refractivity contribution in [3.05, 3.63) is 0 Å². The Bertz CT molecular complexity index is 307. The normalized spacial score (nSPS) is 29.4. The molecule has 1 saturated heterocycles. The Morgan fingerprint density at radius 3 is 2.56 bits per heavy atom. The first kappa shape index (κ1) is 14.2. The van der Waals surface area contributed by atoms with Gasteiger partial charge < -0.3 is 10.6 Å². The summed E-state index contributed by atoms with van der Waals surface area (Å²) in [5.74, 6) is 0.194. The second-order valence-corrected chi connectivity index (χ2v) is 7.71. The fourth-order valence-corrected chi connectivity index (χ4v) is 3.95. The van der Waals surface area contributed by atoms with Crippen LogP contribution in [0, 0.1) is 5.41 Å². The minimum Gasteiger partial charge on any atom is -0.353 e. The van der Waals surface area contributed by atoms with Crippen LogP contribution >= 0.6 is 11.8 Å². The van der Waals surface area contributed by atoms with E-state index in [0.717, 1.165) is 19.5 Å². The summed E-state index contributed by atoms with van der Waals surface area (Å²) in [7, 11) is 0. The van der Waals surface area contributed by atoms with Gasteiger partial charge in [0, 0.05) is 11.3 Å². The summed E-state index contributed by atoms with van der Waals surface area (Å²) in [4.78, 5) is 12.3. The lowest BCUT2D eigenvalue weighted by Gasteiger charge is -2.42. The fraction of sp³-hybridized carbons (Fsp3) is 0.929. The molecule has 1 heterocycles. The third-order valence-corrected chi connectivity index (χ3v) is 6.09. The summed E-state index contributed by atoms with van der Waals surface area (Å²) in [5.41, 5.74) is 0.0778. The van der Waals surface area contributed by atoms with Crippen LogP contribution in [-0.4, -0.2) is 36.0 Å². The SMILES string of the molecule is CSC1(CNC(=O)C2NCCCC2(C)C)CCC1. The molecule has 0 bridgehead atoms. The lowest BCUT2D eigenvalue weighted by atomic mass is 9.77. The van der Waals surface area contributed by atoms with E-state index in [1.54, 1.807) is 0 Å². The van der Waals surface area contributed by atoms with Crippen LogP contribution in [0.25, 0.3) is 0 Å². The van der Waals surface area contributed by atoms with Crippen molar-refractivity contribution < 1.29 is 4.79 Å². The first-order valence-corrected chi connectivity index (χ1v) is 8.28. The van der Waals surface area contributed by atoms with Gasteiger partial charge >= 0.3 is 0 Å². The van der Waals surface area contributed by atoms with Crippen LogP contribution in [0.4, 0.5) is 0 Å². The fourth-order valence-electron chi connectivity index (χ4n) is 3.03. The standard InChI is InChI=1S/C14H26N2OS/c1-13(2)6-5-9-15-11(13)12(17)16-10-14(18-3)7-4-8-14/h11,15H,4-10H2,1-3H3,(H,16,17). The number of carbonyl (C=O) groups excluding carboxylic acids is 1. The molecule has 1 unspecified atom stereocenters. The van der Waals surface area contributed by atoms with Gasteiger partial charge in [-0.25, -0.2) is 0 Å². The molecule has 4 heteroatoms. The molecule has 1 saturated carbocycles. The van der Waals surface area contributed by atoms with Crippen molar-refractivity contribution >= 4 is 17.7 Å². The maximum atomic E-state index is 12.3. The zero-order valence-electron chi connectivity index (χ0n) is 11.8. The van der Waals surface area contributed by atoms with Crippen LogP contribution in [0.15, 0.2) is 0 Å². The minimum atomic E-state index is -0.0229. The van der Waals surface area contributed by atoms with E-state index >= 15 is 0 Å². The molecule has 104 valence electrons.